The van der Waals surface area contributed by atoms with Gasteiger partial charge in [-0.1, -0.05) is 0 Å². The van der Waals surface area contributed by atoms with E-state index in [1.54, 1.807) is 0 Å². The number of fused-ring (bicyclic) bond motifs is 6. The second kappa shape index (κ2) is 16.5. The van der Waals surface area contributed by atoms with Gasteiger partial charge in [0.2, 0.25) is 0 Å². The Morgan fingerprint density at radius 1 is 0.338 bits per heavy atom. The van der Waals surface area contributed by atoms with Gasteiger partial charge in [-0.15, -0.1) is 0 Å². The summed E-state index contributed by atoms with van der Waals surface area (Å²) in [6.45, 7) is 0.601. The molecule has 0 atom stereocenters. The van der Waals surface area contributed by atoms with Crippen LogP contribution in [0, 0.1) is 97.6 Å². The number of rotatable bonds is 3. The van der Waals surface area contributed by atoms with E-state index in [9.17, 15) is 81.6 Å². The molecule has 0 N–H and O–H groups in total. The summed E-state index contributed by atoms with van der Waals surface area (Å²) in [6.07, 6.45) is -16.5. The summed E-state index contributed by atoms with van der Waals surface area (Å²) in [7, 11) is 0. The van der Waals surface area contributed by atoms with Crippen LogP contribution in [-0.4, -0.2) is 29.9 Å². The van der Waals surface area contributed by atoms with E-state index in [1.807, 2.05) is 0 Å². The molecular weight excluding hydrogens is 986 g/mol. The summed E-state index contributed by atoms with van der Waals surface area (Å²) in [4.78, 5) is 19.3. The summed E-state index contributed by atoms with van der Waals surface area (Å²) < 4.78 is 228. The van der Waals surface area contributed by atoms with Crippen molar-refractivity contribution in [3.63, 3.8) is 0 Å². The lowest BCUT2D eigenvalue weighted by Crippen LogP contribution is -2.64. The quantitative estimate of drug-likeness (QED) is 0.206. The minimum absolute atomic E-state index is 0.601. The van der Waals surface area contributed by atoms with E-state index >= 15 is 26.3 Å². The molecule has 3 heterocycles. The van der Waals surface area contributed by atoms with Crippen LogP contribution in [0.4, 0.5) is 65.9 Å². The van der Waals surface area contributed by atoms with Gasteiger partial charge in [0.05, 0.1) is 22.4 Å². The smallest absolute Gasteiger partial charge is 0.232 e. The molecular formula is C42H3F15N14. The first-order valence-corrected chi connectivity index (χ1v) is 18.1. The van der Waals surface area contributed by atoms with Crippen molar-refractivity contribution >= 4 is 51.7 Å². The molecule has 14 nitrogen and oxygen atoms in total. The summed E-state index contributed by atoms with van der Waals surface area (Å²) >= 11 is 0. The zero-order valence-electron chi connectivity index (χ0n) is 33.4. The number of hydrogen-bond donors (Lipinski definition) is 0. The second-order valence-electron chi connectivity index (χ2n) is 13.9. The summed E-state index contributed by atoms with van der Waals surface area (Å²) in [5.41, 5.74) is -26.4. The Bertz CT molecular complexity index is 3890. The number of halogens is 15. The topological polar surface area (TPSA) is 268 Å². The van der Waals surface area contributed by atoms with Gasteiger partial charge in [-0.2, -0.15) is 81.6 Å². The van der Waals surface area contributed by atoms with Crippen molar-refractivity contribution < 1.29 is 65.9 Å². The first-order valence-electron chi connectivity index (χ1n) is 18.1. The van der Waals surface area contributed by atoms with E-state index in [0.717, 1.165) is 48.6 Å². The number of hydrogen-bond acceptors (Lipinski definition) is 14. The maximum absolute atomic E-state index is 17.2. The minimum atomic E-state index is -5.57. The molecule has 4 aromatic rings. The SMILES string of the molecule is Cc1nc(C(C#N)=C2C(F)=c3c(c4c(c5c3=C(F)/C(=C(/C#N)c3nc(C#N)c(C(F)(F)F)c(C#N)n3)C=5F)=C(F)/C(=C(/C#N)c3nc(C#N)c(C(F)(F)F)c(C#N)n3)C=4F)=C2F)nc(C#N)c1C(F)(F)F. The number of aryl methyl sites for hydroxylation is 1. The van der Waals surface area contributed by atoms with E-state index < -0.39 is 187 Å². The van der Waals surface area contributed by atoms with Crippen LogP contribution < -0.4 is 31.3 Å². The van der Waals surface area contributed by atoms with Gasteiger partial charge < -0.3 is 0 Å². The normalized spacial score (nSPS) is 16.1. The van der Waals surface area contributed by atoms with Crippen molar-refractivity contribution in [2.45, 2.75) is 25.5 Å². The predicted molar refractivity (Wildman–Crippen MR) is 198 cm³/mol. The number of alkyl halides is 9. The molecule has 0 spiro atoms. The Labute approximate surface area is 379 Å². The lowest BCUT2D eigenvalue weighted by molar-refractivity contribution is -0.139. The Kier molecular flexibility index (Phi) is 11.3. The third-order valence-electron chi connectivity index (χ3n) is 10.2. The summed E-state index contributed by atoms with van der Waals surface area (Å²) in [6, 6.07) is 8.04. The van der Waals surface area contributed by atoms with Crippen LogP contribution in [-0.2, 0) is 18.5 Å². The van der Waals surface area contributed by atoms with Gasteiger partial charge in [0.15, 0.2) is 45.9 Å². The molecule has 0 unspecified atom stereocenters. The molecule has 3 aromatic heterocycles. The van der Waals surface area contributed by atoms with Gasteiger partial charge in [-0.05, 0) is 6.92 Å². The fourth-order valence-corrected chi connectivity index (χ4v) is 7.53. The third-order valence-corrected chi connectivity index (χ3v) is 10.2. The van der Waals surface area contributed by atoms with Gasteiger partial charge >= 0.3 is 18.5 Å². The summed E-state index contributed by atoms with van der Waals surface area (Å²) in [5.74, 6) is -18.6. The first kappa shape index (κ1) is 48.7. The molecule has 1 aromatic carbocycles. The maximum Gasteiger partial charge on any atom is 0.422 e. The van der Waals surface area contributed by atoms with Gasteiger partial charge in [-0.3, -0.25) is 0 Å². The highest BCUT2D eigenvalue weighted by molar-refractivity contribution is 6.04. The highest BCUT2D eigenvalue weighted by atomic mass is 19.4. The number of allylic oxidation sites excluding steroid dienone is 6. The van der Waals surface area contributed by atoms with Crippen molar-refractivity contribution in [1.29, 1.82) is 42.1 Å². The second-order valence-corrected chi connectivity index (χ2v) is 13.9. The first-order chi connectivity index (χ1) is 33.2. The van der Waals surface area contributed by atoms with Crippen molar-refractivity contribution in [2.24, 2.45) is 0 Å². The average molecular weight is 989 g/mol. The zero-order chi connectivity index (χ0) is 52.7. The van der Waals surface area contributed by atoms with Gasteiger partial charge in [-0.25, -0.2) is 56.2 Å². The summed E-state index contributed by atoms with van der Waals surface area (Å²) in [5, 5.41) is 67.2. The van der Waals surface area contributed by atoms with Crippen LogP contribution in [0.1, 0.15) is 68.3 Å². The van der Waals surface area contributed by atoms with E-state index in [-0.39, 0.29) is 0 Å². The average Bonchev–Trinajstić information content (AvgIpc) is 3.82. The molecule has 0 saturated carbocycles. The molecule has 0 fully saturated rings. The van der Waals surface area contributed by atoms with Crippen molar-refractivity contribution in [1.82, 2.24) is 29.9 Å². The van der Waals surface area contributed by atoms with Crippen molar-refractivity contribution in [2.75, 3.05) is 0 Å². The van der Waals surface area contributed by atoms with Gasteiger partial charge in [0.25, 0.3) is 0 Å². The number of aromatic nitrogens is 6. The number of nitrogens with zero attached hydrogens (tertiary/aromatic N) is 14. The minimum Gasteiger partial charge on any atom is -0.232 e. The van der Waals surface area contributed by atoms with Crippen LogP contribution >= 0.6 is 0 Å². The van der Waals surface area contributed by atoms with E-state index in [2.05, 4.69) is 29.9 Å². The highest BCUT2D eigenvalue weighted by Gasteiger charge is 2.44. The molecule has 0 aliphatic heterocycles. The van der Waals surface area contributed by atoms with Gasteiger partial charge in [0.1, 0.15) is 117 Å². The molecule has 0 bridgehead atoms. The van der Waals surface area contributed by atoms with E-state index in [4.69, 9.17) is 0 Å². The van der Waals surface area contributed by atoms with Crippen LogP contribution in [0.3, 0.4) is 0 Å². The van der Waals surface area contributed by atoms with E-state index in [1.165, 1.54) is 0 Å². The highest BCUT2D eigenvalue weighted by Crippen LogP contribution is 2.40. The molecule has 7 rings (SSSR count). The zero-order valence-corrected chi connectivity index (χ0v) is 33.4. The Balaban J connectivity index is 1.79. The lowest BCUT2D eigenvalue weighted by atomic mass is 10.1. The standard InChI is InChI=1S/C42H3F15N14/c1-10-28(40(49,50)51)14(5-61)67-37(66-10)11(2-58)19-31(43)22-23(32(19)44)25-27(36(48)21(34(25)46)13(4-60)39-70-17(8-64)30(42(55,56)57)18(9-65)71-39)26-24(22)33(45)20(35(26)47)12(3-59)38-68-15(6-62)29(41(52,53)54)16(7-63)69-38/h1H3/b19-11?,20-12-,21-13+. The predicted octanol–water partition coefficient (Wildman–Crippen LogP) is 4.22. The molecule has 29 heteroatoms. The molecule has 0 radical (unpaired) electrons. The molecule has 0 saturated heterocycles. The van der Waals surface area contributed by atoms with Crippen LogP contribution in [0.5, 0.6) is 0 Å². The monoisotopic (exact) mass is 988 g/mol. The van der Waals surface area contributed by atoms with Crippen LogP contribution in [0.25, 0.3) is 51.7 Å². The lowest BCUT2D eigenvalue weighted by Gasteiger charge is -2.12. The maximum atomic E-state index is 17.2. The Hall–Kier alpha value is -10.2. The van der Waals surface area contributed by atoms with Crippen molar-refractivity contribution in [3.05, 3.63) is 116 Å². The molecule has 3 aliphatic rings. The fourth-order valence-electron chi connectivity index (χ4n) is 7.53. The third kappa shape index (κ3) is 7.09. The Morgan fingerprint density at radius 3 is 0.718 bits per heavy atom. The van der Waals surface area contributed by atoms with Gasteiger partial charge in [0, 0.05) is 31.3 Å². The molecule has 71 heavy (non-hydrogen) atoms. The fraction of sp³-hybridized carbons (Fsp3) is 0.0952. The molecule has 0 amide bonds. The molecule has 346 valence electrons. The number of benzene rings is 1. The van der Waals surface area contributed by atoms with Crippen molar-refractivity contribution in [3.8, 4) is 48.6 Å². The van der Waals surface area contributed by atoms with Crippen LogP contribution in [0.2, 0.25) is 0 Å². The number of nitriles is 8. The van der Waals surface area contributed by atoms with Crippen LogP contribution in [0.15, 0.2) is 16.7 Å². The Morgan fingerprint density at radius 2 is 0.535 bits per heavy atom. The molecule has 3 aliphatic carbocycles. The van der Waals surface area contributed by atoms with E-state index in [0.29, 0.717) is 6.92 Å². The largest absolute Gasteiger partial charge is 0.422 e.